The quantitative estimate of drug-likeness (QED) is 0.725. The third-order valence-corrected chi connectivity index (χ3v) is 4.39. The van der Waals surface area contributed by atoms with Crippen molar-refractivity contribution in [2.24, 2.45) is 0 Å². The van der Waals surface area contributed by atoms with E-state index in [0.717, 1.165) is 11.1 Å². The van der Waals surface area contributed by atoms with E-state index < -0.39 is 0 Å². The minimum atomic E-state index is -0.216. The van der Waals surface area contributed by atoms with Crippen molar-refractivity contribution in [1.82, 2.24) is 0 Å². The Bertz CT molecular complexity index is 532. The Morgan fingerprint density at radius 1 is 0.864 bits per heavy atom. The van der Waals surface area contributed by atoms with Crippen molar-refractivity contribution in [2.45, 2.75) is 77.9 Å². The molecule has 3 heteroatoms. The molecule has 0 aliphatic carbocycles. The summed E-state index contributed by atoms with van der Waals surface area (Å²) in [6.45, 7) is 18.4. The second kappa shape index (κ2) is 5.92. The van der Waals surface area contributed by atoms with Crippen molar-refractivity contribution in [3.8, 4) is 5.75 Å². The summed E-state index contributed by atoms with van der Waals surface area (Å²) in [6.07, 6.45) is 0. The summed E-state index contributed by atoms with van der Waals surface area (Å²) in [6, 6.07) is 3.71. The summed E-state index contributed by atoms with van der Waals surface area (Å²) in [5.74, 6) is 0.317. The normalized spacial score (nSPS) is 13.3. The molecule has 0 unspecified atom stereocenters. The van der Waals surface area contributed by atoms with Gasteiger partial charge in [-0.1, -0.05) is 74.1 Å². The van der Waals surface area contributed by atoms with Gasteiger partial charge < -0.3 is 5.11 Å². The van der Waals surface area contributed by atoms with Gasteiger partial charge in [-0.3, -0.25) is 4.79 Å². The maximum absolute atomic E-state index is 12.6. The molecule has 0 heterocycles. The van der Waals surface area contributed by atoms with Gasteiger partial charge in [0.25, 0.3) is 0 Å². The first-order chi connectivity index (χ1) is 9.63. The average molecular weight is 323 g/mol. The number of thioether (sulfide) groups is 1. The number of hydrogen-bond donors (Lipinski definition) is 1. The molecule has 0 bridgehead atoms. The topological polar surface area (TPSA) is 37.3 Å². The fourth-order valence-electron chi connectivity index (χ4n) is 2.23. The van der Waals surface area contributed by atoms with Crippen molar-refractivity contribution >= 4 is 16.9 Å². The molecule has 1 rings (SSSR count). The molecule has 0 aliphatic rings. The van der Waals surface area contributed by atoms with Crippen molar-refractivity contribution in [1.29, 1.82) is 0 Å². The van der Waals surface area contributed by atoms with Crippen LogP contribution in [0.1, 0.15) is 83.8 Å². The van der Waals surface area contributed by atoms with E-state index >= 15 is 0 Å². The minimum absolute atomic E-state index is 0.0588. The van der Waals surface area contributed by atoms with Gasteiger partial charge in [0.15, 0.2) is 0 Å². The Morgan fingerprint density at radius 2 is 1.23 bits per heavy atom. The minimum Gasteiger partial charge on any atom is -0.507 e. The molecule has 1 N–H and O–H groups in total. The van der Waals surface area contributed by atoms with Gasteiger partial charge >= 0.3 is 0 Å². The van der Waals surface area contributed by atoms with E-state index in [2.05, 4.69) is 41.5 Å². The Kier molecular flexibility index (Phi) is 5.13. The van der Waals surface area contributed by atoms with Gasteiger partial charge in [0, 0.05) is 21.4 Å². The highest BCUT2D eigenvalue weighted by Crippen LogP contribution is 2.41. The summed E-state index contributed by atoms with van der Waals surface area (Å²) in [7, 11) is 0. The largest absolute Gasteiger partial charge is 0.507 e. The Labute approximate surface area is 139 Å². The first-order valence-electron chi connectivity index (χ1n) is 7.74. The number of aromatic hydroxyl groups is 1. The highest BCUT2D eigenvalue weighted by atomic mass is 32.2. The van der Waals surface area contributed by atoms with Crippen LogP contribution < -0.4 is 0 Å². The van der Waals surface area contributed by atoms with Gasteiger partial charge in [0.2, 0.25) is 5.12 Å². The summed E-state index contributed by atoms with van der Waals surface area (Å²) in [5.41, 5.74) is 1.91. The van der Waals surface area contributed by atoms with Crippen LogP contribution in [0.15, 0.2) is 12.1 Å². The van der Waals surface area contributed by atoms with Crippen LogP contribution in [-0.4, -0.2) is 15.0 Å². The van der Waals surface area contributed by atoms with Crippen molar-refractivity contribution in [3.05, 3.63) is 28.8 Å². The van der Waals surface area contributed by atoms with Crippen molar-refractivity contribution in [3.63, 3.8) is 0 Å². The maximum atomic E-state index is 12.6. The number of benzene rings is 1. The van der Waals surface area contributed by atoms with Crippen LogP contribution in [0.5, 0.6) is 5.75 Å². The molecule has 0 radical (unpaired) electrons. The van der Waals surface area contributed by atoms with Crippen LogP contribution in [0.3, 0.4) is 0 Å². The van der Waals surface area contributed by atoms with E-state index in [4.69, 9.17) is 0 Å². The Balaban J connectivity index is 3.52. The molecular formula is C19H30O2S. The molecule has 124 valence electrons. The predicted octanol–water partition coefficient (Wildman–Crippen LogP) is 5.66. The molecule has 0 aliphatic heterocycles. The molecule has 22 heavy (non-hydrogen) atoms. The van der Waals surface area contributed by atoms with Crippen LogP contribution in [0.2, 0.25) is 0 Å². The van der Waals surface area contributed by atoms with Gasteiger partial charge in [0.05, 0.1) is 0 Å². The van der Waals surface area contributed by atoms with Crippen LogP contribution >= 0.6 is 11.8 Å². The van der Waals surface area contributed by atoms with Gasteiger partial charge in [-0.05, 0) is 23.0 Å². The third kappa shape index (κ3) is 4.77. The number of phenolic OH excluding ortho intramolecular Hbond substituents is 1. The highest BCUT2D eigenvalue weighted by Gasteiger charge is 2.28. The summed E-state index contributed by atoms with van der Waals surface area (Å²) in [4.78, 5) is 12.6. The van der Waals surface area contributed by atoms with E-state index in [1.54, 1.807) is 0 Å². The van der Waals surface area contributed by atoms with E-state index in [1.807, 2.05) is 32.9 Å². The first-order valence-corrected chi connectivity index (χ1v) is 8.56. The molecule has 1 aromatic carbocycles. The summed E-state index contributed by atoms with van der Waals surface area (Å²) < 4.78 is -0.126. The zero-order chi connectivity index (χ0) is 17.5. The molecule has 0 saturated heterocycles. The van der Waals surface area contributed by atoms with Crippen molar-refractivity contribution < 1.29 is 9.90 Å². The predicted molar refractivity (Wildman–Crippen MR) is 97.2 cm³/mol. The molecule has 1 aromatic rings. The number of carbonyl (C=O) groups is 1. The summed E-state index contributed by atoms with van der Waals surface area (Å²) in [5, 5.41) is 10.7. The second-order valence-corrected chi connectivity index (χ2v) is 10.7. The van der Waals surface area contributed by atoms with Gasteiger partial charge in [0.1, 0.15) is 5.75 Å². The molecule has 0 fully saturated rings. The lowest BCUT2D eigenvalue weighted by Gasteiger charge is -2.28. The number of rotatable bonds is 1. The van der Waals surface area contributed by atoms with Crippen LogP contribution in [0, 0.1) is 0 Å². The average Bonchev–Trinajstić information content (AvgIpc) is 2.23. The highest BCUT2D eigenvalue weighted by molar-refractivity contribution is 8.15. The lowest BCUT2D eigenvalue weighted by Crippen LogP contribution is -2.19. The van der Waals surface area contributed by atoms with Crippen LogP contribution in [-0.2, 0) is 10.8 Å². The van der Waals surface area contributed by atoms with E-state index in [1.165, 1.54) is 11.8 Å². The first kappa shape index (κ1) is 19.1. The standard InChI is InChI=1S/C19H30O2S/c1-17(2,3)13-10-12(16(21)22-19(7,8)9)11-14(15(13)20)18(4,5)6/h10-11,20H,1-9H3. The van der Waals surface area contributed by atoms with Crippen LogP contribution in [0.25, 0.3) is 0 Å². The maximum Gasteiger partial charge on any atom is 0.219 e. The van der Waals surface area contributed by atoms with Gasteiger partial charge in [-0.2, -0.15) is 0 Å². The SMILES string of the molecule is CC(C)(C)SC(=O)c1cc(C(C)(C)C)c(O)c(C(C)(C)C)c1. The monoisotopic (exact) mass is 322 g/mol. The number of hydrogen-bond acceptors (Lipinski definition) is 3. The molecular weight excluding hydrogens is 292 g/mol. The smallest absolute Gasteiger partial charge is 0.219 e. The zero-order valence-corrected chi connectivity index (χ0v) is 16.2. The fourth-order valence-corrected chi connectivity index (χ4v) is 3.02. The molecule has 0 aromatic heterocycles. The van der Waals surface area contributed by atoms with Crippen molar-refractivity contribution in [2.75, 3.05) is 0 Å². The van der Waals surface area contributed by atoms with Crippen LogP contribution in [0.4, 0.5) is 0 Å². The number of phenols is 1. The lowest BCUT2D eigenvalue weighted by molar-refractivity contribution is 0.108. The van der Waals surface area contributed by atoms with Gasteiger partial charge in [-0.15, -0.1) is 0 Å². The molecule has 2 nitrogen and oxygen atoms in total. The van der Waals surface area contributed by atoms with Gasteiger partial charge in [-0.25, -0.2) is 0 Å². The number of carbonyl (C=O) groups excluding carboxylic acids is 1. The fraction of sp³-hybridized carbons (Fsp3) is 0.632. The van der Waals surface area contributed by atoms with E-state index in [-0.39, 0.29) is 20.7 Å². The molecule has 0 saturated carbocycles. The van der Waals surface area contributed by atoms with E-state index in [9.17, 15) is 9.90 Å². The molecule has 0 atom stereocenters. The lowest BCUT2D eigenvalue weighted by atomic mass is 9.78. The van der Waals surface area contributed by atoms with E-state index in [0.29, 0.717) is 11.3 Å². The molecule has 0 spiro atoms. The summed E-state index contributed by atoms with van der Waals surface area (Å²) >= 11 is 1.33. The zero-order valence-electron chi connectivity index (χ0n) is 15.4. The third-order valence-electron chi connectivity index (χ3n) is 3.36. The molecule has 0 amide bonds. The Morgan fingerprint density at radius 3 is 1.50 bits per heavy atom. The Hall–Kier alpha value is -0.960. The second-order valence-electron chi connectivity index (χ2n) is 8.92.